The summed E-state index contributed by atoms with van der Waals surface area (Å²) in [5.41, 5.74) is 0. The van der Waals surface area contributed by atoms with Gasteiger partial charge in [-0.1, -0.05) is 46.0 Å². The van der Waals surface area contributed by atoms with Crippen molar-refractivity contribution in [2.24, 2.45) is 11.8 Å². The largest absolute Gasteiger partial charge is 0.344 e. The molecular formula is C9H21N. The molecule has 0 bridgehead atoms. The van der Waals surface area contributed by atoms with Crippen LogP contribution in [0.25, 0.3) is 0 Å². The van der Waals surface area contributed by atoms with E-state index in [1.54, 1.807) is 0 Å². The molecule has 1 aliphatic carbocycles. The van der Waals surface area contributed by atoms with Crippen LogP contribution in [-0.4, -0.2) is 0 Å². The van der Waals surface area contributed by atoms with E-state index in [1.807, 2.05) is 0 Å². The minimum Gasteiger partial charge on any atom is -0.344 e. The molecule has 0 aliphatic heterocycles. The predicted molar refractivity (Wildman–Crippen MR) is 46.4 cm³/mol. The van der Waals surface area contributed by atoms with Crippen molar-refractivity contribution in [3.05, 3.63) is 0 Å². The second-order valence-corrected chi connectivity index (χ2v) is 3.64. The minimum atomic E-state index is 0. The molecule has 1 heteroatoms. The van der Waals surface area contributed by atoms with Crippen molar-refractivity contribution in [2.45, 2.75) is 46.0 Å². The fraction of sp³-hybridized carbons (Fsp3) is 1.00. The quantitative estimate of drug-likeness (QED) is 0.600. The van der Waals surface area contributed by atoms with Crippen molar-refractivity contribution >= 4 is 0 Å². The van der Waals surface area contributed by atoms with E-state index in [4.69, 9.17) is 0 Å². The van der Waals surface area contributed by atoms with Crippen LogP contribution in [0.15, 0.2) is 0 Å². The van der Waals surface area contributed by atoms with Crippen molar-refractivity contribution in [2.75, 3.05) is 0 Å². The van der Waals surface area contributed by atoms with Crippen molar-refractivity contribution in [1.82, 2.24) is 6.15 Å². The molecule has 0 heterocycles. The SMILES string of the molecule is CC(C)C1CCCCC1.N. The van der Waals surface area contributed by atoms with Crippen LogP contribution in [-0.2, 0) is 0 Å². The van der Waals surface area contributed by atoms with Gasteiger partial charge in [-0.05, 0) is 11.8 Å². The fourth-order valence-electron chi connectivity index (χ4n) is 1.80. The lowest BCUT2D eigenvalue weighted by atomic mass is 9.82. The molecule has 1 fully saturated rings. The summed E-state index contributed by atoms with van der Waals surface area (Å²) in [6.07, 6.45) is 7.46. The van der Waals surface area contributed by atoms with E-state index in [0.717, 1.165) is 11.8 Å². The summed E-state index contributed by atoms with van der Waals surface area (Å²) in [5, 5.41) is 0. The monoisotopic (exact) mass is 143 g/mol. The van der Waals surface area contributed by atoms with Crippen LogP contribution in [0.5, 0.6) is 0 Å². The number of hydrogen-bond acceptors (Lipinski definition) is 1. The third-order valence-corrected chi connectivity index (χ3v) is 2.59. The molecule has 10 heavy (non-hydrogen) atoms. The highest BCUT2D eigenvalue weighted by atomic mass is 14.2. The highest BCUT2D eigenvalue weighted by Crippen LogP contribution is 2.29. The first-order chi connectivity index (χ1) is 4.30. The molecule has 0 radical (unpaired) electrons. The Morgan fingerprint density at radius 2 is 1.50 bits per heavy atom. The zero-order valence-electron chi connectivity index (χ0n) is 7.40. The molecule has 0 unspecified atom stereocenters. The molecule has 1 nitrogen and oxygen atoms in total. The fourth-order valence-corrected chi connectivity index (χ4v) is 1.80. The van der Waals surface area contributed by atoms with Gasteiger partial charge in [-0.2, -0.15) is 0 Å². The third-order valence-electron chi connectivity index (χ3n) is 2.59. The minimum absolute atomic E-state index is 0. The Hall–Kier alpha value is -0.0400. The summed E-state index contributed by atoms with van der Waals surface area (Å²) in [7, 11) is 0. The van der Waals surface area contributed by atoms with E-state index in [1.165, 1.54) is 32.1 Å². The summed E-state index contributed by atoms with van der Waals surface area (Å²) >= 11 is 0. The molecule has 1 saturated carbocycles. The van der Waals surface area contributed by atoms with E-state index in [2.05, 4.69) is 13.8 Å². The van der Waals surface area contributed by atoms with Crippen LogP contribution in [0.1, 0.15) is 46.0 Å². The Morgan fingerprint density at radius 1 is 1.00 bits per heavy atom. The zero-order valence-corrected chi connectivity index (χ0v) is 7.40. The maximum absolute atomic E-state index is 2.36. The highest BCUT2D eigenvalue weighted by molar-refractivity contribution is 4.67. The van der Waals surface area contributed by atoms with Gasteiger partial charge in [-0.3, -0.25) is 0 Å². The zero-order chi connectivity index (χ0) is 6.69. The maximum Gasteiger partial charge on any atom is -0.0391 e. The van der Waals surface area contributed by atoms with E-state index < -0.39 is 0 Å². The molecule has 0 atom stereocenters. The first-order valence-electron chi connectivity index (χ1n) is 4.30. The lowest BCUT2D eigenvalue weighted by molar-refractivity contribution is 0.279. The standard InChI is InChI=1S/C9H18.H3N/c1-8(2)9-6-4-3-5-7-9;/h8-9H,3-7H2,1-2H3;1H3. The van der Waals surface area contributed by atoms with Gasteiger partial charge >= 0.3 is 0 Å². The molecule has 1 aliphatic rings. The normalized spacial score (nSPS) is 20.7. The van der Waals surface area contributed by atoms with E-state index in [0.29, 0.717) is 0 Å². The van der Waals surface area contributed by atoms with Gasteiger partial charge in [0.25, 0.3) is 0 Å². The average Bonchev–Trinajstić information content (AvgIpc) is 1.90. The maximum atomic E-state index is 2.36. The summed E-state index contributed by atoms with van der Waals surface area (Å²) < 4.78 is 0. The van der Waals surface area contributed by atoms with Crippen molar-refractivity contribution in [3.63, 3.8) is 0 Å². The highest BCUT2D eigenvalue weighted by Gasteiger charge is 2.15. The Morgan fingerprint density at radius 3 is 1.80 bits per heavy atom. The summed E-state index contributed by atoms with van der Waals surface area (Å²) in [4.78, 5) is 0. The van der Waals surface area contributed by atoms with Crippen LogP contribution in [0.2, 0.25) is 0 Å². The average molecular weight is 143 g/mol. The van der Waals surface area contributed by atoms with Crippen LogP contribution in [0, 0.1) is 11.8 Å². The van der Waals surface area contributed by atoms with E-state index >= 15 is 0 Å². The molecular weight excluding hydrogens is 122 g/mol. The molecule has 0 aromatic carbocycles. The molecule has 0 amide bonds. The number of hydrogen-bond donors (Lipinski definition) is 1. The molecule has 0 aromatic heterocycles. The van der Waals surface area contributed by atoms with Gasteiger partial charge < -0.3 is 6.15 Å². The number of rotatable bonds is 1. The second-order valence-electron chi connectivity index (χ2n) is 3.64. The molecule has 62 valence electrons. The smallest absolute Gasteiger partial charge is 0.0391 e. The molecule has 1 rings (SSSR count). The van der Waals surface area contributed by atoms with Gasteiger partial charge in [0.05, 0.1) is 0 Å². The topological polar surface area (TPSA) is 35.0 Å². The van der Waals surface area contributed by atoms with E-state index in [-0.39, 0.29) is 6.15 Å². The van der Waals surface area contributed by atoms with Crippen molar-refractivity contribution in [3.8, 4) is 0 Å². The van der Waals surface area contributed by atoms with Gasteiger partial charge in [0.2, 0.25) is 0 Å². The van der Waals surface area contributed by atoms with Crippen LogP contribution >= 0.6 is 0 Å². The van der Waals surface area contributed by atoms with E-state index in [9.17, 15) is 0 Å². The lowest BCUT2D eigenvalue weighted by Gasteiger charge is -2.24. The Labute approximate surface area is 64.8 Å². The first kappa shape index (κ1) is 9.96. The van der Waals surface area contributed by atoms with Gasteiger partial charge in [0, 0.05) is 0 Å². The van der Waals surface area contributed by atoms with Gasteiger partial charge in [-0.25, -0.2) is 0 Å². The summed E-state index contributed by atoms with van der Waals surface area (Å²) in [6.45, 7) is 4.71. The van der Waals surface area contributed by atoms with Crippen LogP contribution in [0.4, 0.5) is 0 Å². The second kappa shape index (κ2) is 4.73. The van der Waals surface area contributed by atoms with Gasteiger partial charge in [-0.15, -0.1) is 0 Å². The predicted octanol–water partition coefficient (Wildman–Crippen LogP) is 3.38. The summed E-state index contributed by atoms with van der Waals surface area (Å²) in [5.74, 6) is 1.99. The molecule has 0 saturated heterocycles. The van der Waals surface area contributed by atoms with Crippen LogP contribution < -0.4 is 6.15 Å². The Kier molecular flexibility index (Phi) is 4.71. The van der Waals surface area contributed by atoms with Gasteiger partial charge in [0.15, 0.2) is 0 Å². The van der Waals surface area contributed by atoms with Crippen molar-refractivity contribution in [1.29, 1.82) is 0 Å². The molecule has 0 aromatic rings. The lowest BCUT2D eigenvalue weighted by Crippen LogP contribution is -2.12. The Bertz CT molecular complexity index is 72.8. The molecule has 0 spiro atoms. The van der Waals surface area contributed by atoms with Crippen LogP contribution in [0.3, 0.4) is 0 Å². The first-order valence-corrected chi connectivity index (χ1v) is 4.30. The van der Waals surface area contributed by atoms with Crippen molar-refractivity contribution < 1.29 is 0 Å². The van der Waals surface area contributed by atoms with Gasteiger partial charge in [0.1, 0.15) is 0 Å². The Balaban J connectivity index is 0.000000810. The molecule has 3 N–H and O–H groups in total. The third kappa shape index (κ3) is 2.70. The summed E-state index contributed by atoms with van der Waals surface area (Å²) in [6, 6.07) is 0.